The second kappa shape index (κ2) is 2.99. The van der Waals surface area contributed by atoms with Gasteiger partial charge in [0.15, 0.2) is 0 Å². The topological polar surface area (TPSA) is 114 Å². The average molecular weight is 169 g/mol. The van der Waals surface area contributed by atoms with Gasteiger partial charge in [0.1, 0.15) is 0 Å². The molecule has 0 fully saturated rings. The first-order valence-electron chi connectivity index (χ1n) is 3.06. The van der Waals surface area contributed by atoms with E-state index < -0.39 is 5.97 Å². The summed E-state index contributed by atoms with van der Waals surface area (Å²) in [5.41, 5.74) is 5.21. The molecule has 1 aromatic heterocycles. The van der Waals surface area contributed by atoms with Gasteiger partial charge in [-0.1, -0.05) is 0 Å². The predicted molar refractivity (Wildman–Crippen MR) is 40.7 cm³/mol. The molecule has 0 saturated carbocycles. The Morgan fingerprint density at radius 2 is 2.17 bits per heavy atom. The zero-order valence-corrected chi connectivity index (χ0v) is 6.27. The summed E-state index contributed by atoms with van der Waals surface area (Å²) in [6.45, 7) is 0. The van der Waals surface area contributed by atoms with Crippen LogP contribution in [0.5, 0.6) is 0 Å². The maximum atomic E-state index is 10.4. The zero-order valence-electron chi connectivity index (χ0n) is 6.27. The van der Waals surface area contributed by atoms with E-state index in [0.717, 1.165) is 0 Å². The number of anilines is 2. The number of nitrogens with zero attached hydrogens (tertiary/aromatic N) is 3. The molecule has 0 atom stereocenters. The standard InChI is InChI=1S/C5H7N5O2/c1-7-5-9-2(3(11)12)8-4(6)10-5/h1H3,(H,11,12)(H3,6,7,8,9,10). The molecule has 4 N–H and O–H groups in total. The molecule has 0 saturated heterocycles. The van der Waals surface area contributed by atoms with E-state index in [4.69, 9.17) is 10.8 Å². The number of carbonyl (C=O) groups is 1. The number of carboxylic acid groups (broad SMARTS) is 1. The molecule has 0 aromatic carbocycles. The van der Waals surface area contributed by atoms with Crippen molar-refractivity contribution in [3.8, 4) is 0 Å². The predicted octanol–water partition coefficient (Wildman–Crippen LogP) is -0.806. The van der Waals surface area contributed by atoms with Gasteiger partial charge in [-0.05, 0) is 0 Å². The summed E-state index contributed by atoms with van der Waals surface area (Å²) in [5.74, 6) is -1.58. The van der Waals surface area contributed by atoms with E-state index >= 15 is 0 Å². The number of aromatic carboxylic acids is 1. The zero-order chi connectivity index (χ0) is 9.14. The second-order valence-corrected chi connectivity index (χ2v) is 1.90. The SMILES string of the molecule is CNc1nc(N)nc(C(=O)O)n1. The first-order valence-corrected chi connectivity index (χ1v) is 3.06. The van der Waals surface area contributed by atoms with Crippen LogP contribution in [0.3, 0.4) is 0 Å². The highest BCUT2D eigenvalue weighted by Crippen LogP contribution is 2.00. The monoisotopic (exact) mass is 169 g/mol. The van der Waals surface area contributed by atoms with Crippen LogP contribution in [0.2, 0.25) is 0 Å². The molecule has 0 amide bonds. The van der Waals surface area contributed by atoms with Crippen molar-refractivity contribution in [2.75, 3.05) is 18.1 Å². The normalized spacial score (nSPS) is 9.42. The molecule has 0 aliphatic carbocycles. The van der Waals surface area contributed by atoms with E-state index in [0.29, 0.717) is 0 Å². The number of nitrogen functional groups attached to an aromatic ring is 1. The van der Waals surface area contributed by atoms with Crippen molar-refractivity contribution >= 4 is 17.9 Å². The maximum absolute atomic E-state index is 10.4. The number of nitrogens with one attached hydrogen (secondary N) is 1. The largest absolute Gasteiger partial charge is 0.475 e. The van der Waals surface area contributed by atoms with E-state index in [2.05, 4.69) is 20.3 Å². The van der Waals surface area contributed by atoms with E-state index in [1.165, 1.54) is 0 Å². The third-order valence-corrected chi connectivity index (χ3v) is 1.07. The van der Waals surface area contributed by atoms with Gasteiger partial charge in [-0.2, -0.15) is 15.0 Å². The fourth-order valence-electron chi connectivity index (χ4n) is 0.600. The summed E-state index contributed by atoms with van der Waals surface area (Å²) < 4.78 is 0. The molecule has 1 heterocycles. The first kappa shape index (κ1) is 8.18. The van der Waals surface area contributed by atoms with Crippen molar-refractivity contribution in [3.05, 3.63) is 5.82 Å². The van der Waals surface area contributed by atoms with Crippen LogP contribution < -0.4 is 11.1 Å². The van der Waals surface area contributed by atoms with Crippen LogP contribution in [-0.2, 0) is 0 Å². The van der Waals surface area contributed by atoms with Gasteiger partial charge in [0, 0.05) is 7.05 Å². The molecule has 0 aliphatic rings. The van der Waals surface area contributed by atoms with Crippen LogP contribution in [0.1, 0.15) is 10.6 Å². The second-order valence-electron chi connectivity index (χ2n) is 1.90. The highest BCUT2D eigenvalue weighted by atomic mass is 16.4. The van der Waals surface area contributed by atoms with Gasteiger partial charge in [-0.15, -0.1) is 0 Å². The third-order valence-electron chi connectivity index (χ3n) is 1.07. The fourth-order valence-corrected chi connectivity index (χ4v) is 0.600. The Morgan fingerprint density at radius 3 is 2.67 bits per heavy atom. The van der Waals surface area contributed by atoms with Crippen LogP contribution >= 0.6 is 0 Å². The fraction of sp³-hybridized carbons (Fsp3) is 0.200. The number of hydrogen-bond acceptors (Lipinski definition) is 6. The van der Waals surface area contributed by atoms with Crippen LogP contribution in [0, 0.1) is 0 Å². The molecule has 0 bridgehead atoms. The molecule has 64 valence electrons. The molecule has 0 spiro atoms. The lowest BCUT2D eigenvalue weighted by molar-refractivity contribution is 0.0683. The molecule has 1 rings (SSSR count). The minimum absolute atomic E-state index is 0.119. The van der Waals surface area contributed by atoms with Crippen LogP contribution in [0.25, 0.3) is 0 Å². The lowest BCUT2D eigenvalue weighted by atomic mass is 10.6. The third kappa shape index (κ3) is 1.57. The quantitative estimate of drug-likeness (QED) is 0.530. The molecule has 1 aromatic rings. The van der Waals surface area contributed by atoms with Crippen LogP contribution in [0.15, 0.2) is 0 Å². The van der Waals surface area contributed by atoms with Gasteiger partial charge >= 0.3 is 5.97 Å². The summed E-state index contributed by atoms with van der Waals surface area (Å²) in [6, 6.07) is 0. The van der Waals surface area contributed by atoms with Gasteiger partial charge in [0.2, 0.25) is 17.7 Å². The number of nitrogens with two attached hydrogens (primary N) is 1. The molecule has 0 aliphatic heterocycles. The molecular formula is C5H7N5O2. The summed E-state index contributed by atoms with van der Waals surface area (Å²) in [7, 11) is 1.56. The smallest absolute Gasteiger partial charge is 0.374 e. The van der Waals surface area contributed by atoms with Crippen molar-refractivity contribution in [1.82, 2.24) is 15.0 Å². The van der Waals surface area contributed by atoms with Gasteiger partial charge in [-0.3, -0.25) is 0 Å². The lowest BCUT2D eigenvalue weighted by Gasteiger charge is -1.99. The van der Waals surface area contributed by atoms with Crippen molar-refractivity contribution in [2.24, 2.45) is 0 Å². The Bertz CT molecular complexity index is 313. The molecular weight excluding hydrogens is 162 g/mol. The molecule has 0 radical (unpaired) electrons. The highest BCUT2D eigenvalue weighted by molar-refractivity contribution is 5.83. The Hall–Kier alpha value is -1.92. The Labute approximate surface area is 67.7 Å². The number of aromatic nitrogens is 3. The van der Waals surface area contributed by atoms with E-state index in [-0.39, 0.29) is 17.7 Å². The van der Waals surface area contributed by atoms with Crippen molar-refractivity contribution in [1.29, 1.82) is 0 Å². The van der Waals surface area contributed by atoms with Gasteiger partial charge in [0.25, 0.3) is 0 Å². The molecule has 7 heteroatoms. The number of hydrogen-bond donors (Lipinski definition) is 3. The molecule has 0 unspecified atom stereocenters. The Kier molecular flexibility index (Phi) is 2.04. The van der Waals surface area contributed by atoms with E-state index in [1.54, 1.807) is 7.05 Å². The minimum atomic E-state index is -1.24. The van der Waals surface area contributed by atoms with Crippen LogP contribution in [-0.4, -0.2) is 33.1 Å². The van der Waals surface area contributed by atoms with E-state index in [1.807, 2.05) is 0 Å². The van der Waals surface area contributed by atoms with E-state index in [9.17, 15) is 4.79 Å². The highest BCUT2D eigenvalue weighted by Gasteiger charge is 2.09. The average Bonchev–Trinajstić information content (AvgIpc) is 2.03. The van der Waals surface area contributed by atoms with Gasteiger partial charge in [0.05, 0.1) is 0 Å². The minimum Gasteiger partial charge on any atom is -0.475 e. The lowest BCUT2D eigenvalue weighted by Crippen LogP contribution is -2.11. The van der Waals surface area contributed by atoms with Gasteiger partial charge in [-0.25, -0.2) is 4.79 Å². The Balaban J connectivity index is 3.15. The Morgan fingerprint density at radius 1 is 1.50 bits per heavy atom. The first-order chi connectivity index (χ1) is 5.63. The maximum Gasteiger partial charge on any atom is 0.374 e. The van der Waals surface area contributed by atoms with Crippen molar-refractivity contribution < 1.29 is 9.90 Å². The van der Waals surface area contributed by atoms with Crippen LogP contribution in [0.4, 0.5) is 11.9 Å². The summed E-state index contributed by atoms with van der Waals surface area (Å²) in [6.07, 6.45) is 0. The summed E-state index contributed by atoms with van der Waals surface area (Å²) in [4.78, 5) is 20.9. The molecule has 12 heavy (non-hydrogen) atoms. The van der Waals surface area contributed by atoms with Crippen molar-refractivity contribution in [2.45, 2.75) is 0 Å². The molecule has 7 nitrogen and oxygen atoms in total. The van der Waals surface area contributed by atoms with Crippen molar-refractivity contribution in [3.63, 3.8) is 0 Å². The summed E-state index contributed by atoms with van der Waals surface area (Å²) in [5, 5.41) is 11.1. The van der Waals surface area contributed by atoms with Gasteiger partial charge < -0.3 is 16.2 Å². The number of rotatable bonds is 2. The number of carboxylic acids is 1. The summed E-state index contributed by atoms with van der Waals surface area (Å²) >= 11 is 0.